The summed E-state index contributed by atoms with van der Waals surface area (Å²) in [7, 11) is 1.55. The molecule has 0 saturated heterocycles. The fourth-order valence-electron chi connectivity index (χ4n) is 2.73. The predicted octanol–water partition coefficient (Wildman–Crippen LogP) is 3.48. The lowest BCUT2D eigenvalue weighted by molar-refractivity contribution is -0.118. The number of imidazole rings is 1. The Morgan fingerprint density at radius 1 is 1.06 bits per heavy atom. The molecular formula is C22H19N5O4. The molecule has 9 nitrogen and oxygen atoms in total. The van der Waals surface area contributed by atoms with Crippen molar-refractivity contribution < 1.29 is 19.0 Å². The van der Waals surface area contributed by atoms with Gasteiger partial charge in [-0.2, -0.15) is 0 Å². The topological polar surface area (TPSA) is 100 Å². The van der Waals surface area contributed by atoms with Crippen molar-refractivity contribution >= 4 is 11.6 Å². The van der Waals surface area contributed by atoms with Crippen LogP contribution in [0.3, 0.4) is 0 Å². The number of rotatable bonds is 8. The molecule has 0 spiro atoms. The van der Waals surface area contributed by atoms with Gasteiger partial charge in [-0.1, -0.05) is 12.1 Å². The molecule has 4 rings (SSSR count). The Labute approximate surface area is 178 Å². The van der Waals surface area contributed by atoms with Crippen molar-refractivity contribution in [2.24, 2.45) is 0 Å². The number of ether oxygens (including phenoxy) is 3. The van der Waals surface area contributed by atoms with E-state index in [1.807, 2.05) is 12.1 Å². The summed E-state index contributed by atoms with van der Waals surface area (Å²) in [5.41, 5.74) is 0.614. The van der Waals surface area contributed by atoms with Crippen LogP contribution in [0.15, 0.2) is 79.6 Å². The number of hydrogen-bond acceptors (Lipinski definition) is 7. The monoisotopic (exact) mass is 417 g/mol. The van der Waals surface area contributed by atoms with Gasteiger partial charge in [0.05, 0.1) is 7.11 Å². The fraction of sp³-hybridized carbons (Fsp3) is 0.0909. The molecule has 156 valence electrons. The van der Waals surface area contributed by atoms with E-state index in [2.05, 4.69) is 20.3 Å². The lowest BCUT2D eigenvalue weighted by atomic mass is 10.3. The zero-order valence-electron chi connectivity index (χ0n) is 16.6. The van der Waals surface area contributed by atoms with Gasteiger partial charge in [-0.15, -0.1) is 0 Å². The first-order valence-corrected chi connectivity index (χ1v) is 9.35. The second-order valence-corrected chi connectivity index (χ2v) is 6.30. The Morgan fingerprint density at radius 3 is 2.61 bits per heavy atom. The minimum Gasteiger partial charge on any atom is -0.493 e. The minimum absolute atomic E-state index is 0.142. The van der Waals surface area contributed by atoms with E-state index in [4.69, 9.17) is 14.2 Å². The van der Waals surface area contributed by atoms with Gasteiger partial charge in [-0.05, 0) is 36.4 Å². The van der Waals surface area contributed by atoms with Crippen molar-refractivity contribution in [2.45, 2.75) is 0 Å². The highest BCUT2D eigenvalue weighted by atomic mass is 16.5. The molecule has 9 heteroatoms. The number of aromatic nitrogens is 4. The van der Waals surface area contributed by atoms with E-state index in [1.54, 1.807) is 72.9 Å². The number of anilines is 1. The van der Waals surface area contributed by atoms with E-state index in [0.717, 1.165) is 0 Å². The summed E-state index contributed by atoms with van der Waals surface area (Å²) in [5.74, 6) is 2.38. The predicted molar refractivity (Wildman–Crippen MR) is 113 cm³/mol. The van der Waals surface area contributed by atoms with E-state index < -0.39 is 0 Å². The molecule has 0 bridgehead atoms. The number of para-hydroxylation sites is 2. The molecule has 2 aromatic heterocycles. The zero-order chi connectivity index (χ0) is 21.5. The van der Waals surface area contributed by atoms with Gasteiger partial charge in [0.25, 0.3) is 5.91 Å². The van der Waals surface area contributed by atoms with Gasteiger partial charge in [0.2, 0.25) is 5.88 Å². The lowest BCUT2D eigenvalue weighted by Gasteiger charge is -2.11. The first-order valence-electron chi connectivity index (χ1n) is 9.35. The van der Waals surface area contributed by atoms with Crippen LogP contribution < -0.4 is 19.5 Å². The van der Waals surface area contributed by atoms with Gasteiger partial charge in [-0.3, -0.25) is 9.36 Å². The first-order chi connectivity index (χ1) is 15.2. The molecular weight excluding hydrogens is 398 g/mol. The highest BCUT2D eigenvalue weighted by Gasteiger charge is 2.08. The van der Waals surface area contributed by atoms with E-state index in [9.17, 15) is 4.79 Å². The quantitative estimate of drug-likeness (QED) is 0.468. The molecule has 2 heterocycles. The molecule has 1 amide bonds. The summed E-state index contributed by atoms with van der Waals surface area (Å²) < 4.78 is 18.2. The molecule has 4 aromatic rings. The van der Waals surface area contributed by atoms with E-state index in [1.165, 1.54) is 6.33 Å². The van der Waals surface area contributed by atoms with E-state index >= 15 is 0 Å². The molecule has 0 aliphatic heterocycles. The maximum Gasteiger partial charge on any atom is 0.262 e. The molecule has 0 unspecified atom stereocenters. The fourth-order valence-corrected chi connectivity index (χ4v) is 2.73. The van der Waals surface area contributed by atoms with Crippen molar-refractivity contribution in [3.63, 3.8) is 0 Å². The normalized spacial score (nSPS) is 10.4. The summed E-state index contributed by atoms with van der Waals surface area (Å²) in [6, 6.07) is 15.8. The third-order valence-electron chi connectivity index (χ3n) is 4.18. The minimum atomic E-state index is -0.291. The average Bonchev–Trinajstić information content (AvgIpc) is 3.34. The van der Waals surface area contributed by atoms with Gasteiger partial charge in [0.15, 0.2) is 18.1 Å². The van der Waals surface area contributed by atoms with Crippen LogP contribution in [0.5, 0.6) is 23.1 Å². The second kappa shape index (κ2) is 9.40. The zero-order valence-corrected chi connectivity index (χ0v) is 16.6. The maximum absolute atomic E-state index is 12.2. The van der Waals surface area contributed by atoms with E-state index in [-0.39, 0.29) is 12.5 Å². The molecule has 0 atom stereocenters. The Morgan fingerprint density at radius 2 is 1.87 bits per heavy atom. The Hall–Kier alpha value is -4.40. The number of carbonyl (C=O) groups excluding carboxylic acids is 1. The number of methoxy groups -OCH3 is 1. The smallest absolute Gasteiger partial charge is 0.262 e. The van der Waals surface area contributed by atoms with Crippen molar-refractivity contribution in [3.05, 3.63) is 79.6 Å². The van der Waals surface area contributed by atoms with Gasteiger partial charge in [0, 0.05) is 24.1 Å². The summed E-state index contributed by atoms with van der Waals surface area (Å²) in [5, 5.41) is 2.77. The van der Waals surface area contributed by atoms with Crippen LogP contribution >= 0.6 is 0 Å². The number of amides is 1. The largest absolute Gasteiger partial charge is 0.493 e. The van der Waals surface area contributed by atoms with Crippen LogP contribution in [0, 0.1) is 0 Å². The van der Waals surface area contributed by atoms with Crippen molar-refractivity contribution in [1.82, 2.24) is 19.5 Å². The van der Waals surface area contributed by atoms with Crippen LogP contribution in [0.25, 0.3) is 5.82 Å². The molecule has 0 saturated carbocycles. The Bertz CT molecular complexity index is 1150. The molecule has 0 fully saturated rings. The van der Waals surface area contributed by atoms with Crippen LogP contribution in [-0.4, -0.2) is 39.1 Å². The van der Waals surface area contributed by atoms with Gasteiger partial charge < -0.3 is 19.5 Å². The number of hydrogen-bond donors (Lipinski definition) is 1. The molecule has 0 aliphatic rings. The average molecular weight is 417 g/mol. The van der Waals surface area contributed by atoms with Crippen LogP contribution in [0.4, 0.5) is 5.69 Å². The van der Waals surface area contributed by atoms with E-state index in [0.29, 0.717) is 34.6 Å². The maximum atomic E-state index is 12.2. The summed E-state index contributed by atoms with van der Waals surface area (Å²) >= 11 is 0. The summed E-state index contributed by atoms with van der Waals surface area (Å²) in [4.78, 5) is 24.5. The number of benzene rings is 2. The van der Waals surface area contributed by atoms with Gasteiger partial charge >= 0.3 is 0 Å². The Balaban J connectivity index is 1.33. The summed E-state index contributed by atoms with van der Waals surface area (Å²) in [6.07, 6.45) is 6.50. The summed E-state index contributed by atoms with van der Waals surface area (Å²) in [6.45, 7) is -0.142. The molecule has 2 aromatic carbocycles. The number of nitrogens with zero attached hydrogens (tertiary/aromatic N) is 4. The molecule has 0 radical (unpaired) electrons. The van der Waals surface area contributed by atoms with Crippen LogP contribution in [0.1, 0.15) is 0 Å². The van der Waals surface area contributed by atoms with Crippen molar-refractivity contribution in [1.29, 1.82) is 0 Å². The lowest BCUT2D eigenvalue weighted by Crippen LogP contribution is -2.20. The first kappa shape index (κ1) is 19.9. The van der Waals surface area contributed by atoms with Crippen LogP contribution in [-0.2, 0) is 4.79 Å². The molecule has 31 heavy (non-hydrogen) atoms. The second-order valence-electron chi connectivity index (χ2n) is 6.30. The SMILES string of the molecule is COc1ccccc1OCC(=O)Nc1ccc(Oc2cc(-n3ccnc3)ncn2)cc1. The molecule has 0 aliphatic carbocycles. The third-order valence-corrected chi connectivity index (χ3v) is 4.18. The van der Waals surface area contributed by atoms with Crippen molar-refractivity contribution in [2.75, 3.05) is 19.0 Å². The number of carbonyl (C=O) groups is 1. The third kappa shape index (κ3) is 5.15. The van der Waals surface area contributed by atoms with Crippen molar-refractivity contribution in [3.8, 4) is 28.9 Å². The Kier molecular flexibility index (Phi) is 6.03. The number of nitrogens with one attached hydrogen (secondary N) is 1. The highest BCUT2D eigenvalue weighted by molar-refractivity contribution is 5.91. The standard InChI is InChI=1S/C22H19N5O4/c1-29-18-4-2-3-5-19(18)30-13-21(28)26-16-6-8-17(9-7-16)31-22-12-20(24-14-25-22)27-11-10-23-15-27/h2-12,14-15H,13H2,1H3,(H,26,28). The van der Waals surface area contributed by atoms with Gasteiger partial charge in [-0.25, -0.2) is 15.0 Å². The van der Waals surface area contributed by atoms with Crippen LogP contribution in [0.2, 0.25) is 0 Å². The highest BCUT2D eigenvalue weighted by Crippen LogP contribution is 2.26. The molecule has 1 N–H and O–H groups in total. The van der Waals surface area contributed by atoms with Gasteiger partial charge in [0.1, 0.15) is 24.2 Å².